The molecule has 0 aliphatic heterocycles. The normalized spacial score (nSPS) is 10.8. The van der Waals surface area contributed by atoms with Crippen LogP contribution in [0.2, 0.25) is 0 Å². The van der Waals surface area contributed by atoms with E-state index < -0.39 is 0 Å². The van der Waals surface area contributed by atoms with Gasteiger partial charge in [0.2, 0.25) is 0 Å². The number of nitrogens with zero attached hydrogens (tertiary/aromatic N) is 3. The second kappa shape index (κ2) is 3.99. The summed E-state index contributed by atoms with van der Waals surface area (Å²) in [6, 6.07) is 10.3. The third-order valence-corrected chi connectivity index (χ3v) is 3.56. The quantitative estimate of drug-likeness (QED) is 0.721. The second-order valence-electron chi connectivity index (χ2n) is 4.70. The van der Waals surface area contributed by atoms with Crippen molar-refractivity contribution in [3.05, 3.63) is 41.5 Å². The maximum atomic E-state index is 9.28. The molecule has 0 unspecified atom stereocenters. The predicted molar refractivity (Wildman–Crippen MR) is 74.7 cm³/mol. The van der Waals surface area contributed by atoms with Crippen LogP contribution in [0.15, 0.2) is 24.3 Å². The monoisotopic (exact) mass is 250 g/mol. The summed E-state index contributed by atoms with van der Waals surface area (Å²) >= 11 is 0. The van der Waals surface area contributed by atoms with E-state index in [1.54, 1.807) is 0 Å². The lowest BCUT2D eigenvalue weighted by Gasteiger charge is -2.04. The first-order chi connectivity index (χ1) is 9.13. The number of hydrogen-bond donors (Lipinski definition) is 1. The van der Waals surface area contributed by atoms with Crippen molar-refractivity contribution in [1.82, 2.24) is 14.5 Å². The van der Waals surface area contributed by atoms with Crippen molar-refractivity contribution in [2.75, 3.05) is 0 Å². The van der Waals surface area contributed by atoms with Gasteiger partial charge in [0.25, 0.3) is 0 Å². The van der Waals surface area contributed by atoms with Crippen LogP contribution in [0.1, 0.15) is 17.2 Å². The molecular formula is C15H14N4. The number of para-hydroxylation sites is 1. The maximum absolute atomic E-state index is 9.28. The first-order valence-corrected chi connectivity index (χ1v) is 6.14. The Balaban J connectivity index is 2.43. The van der Waals surface area contributed by atoms with E-state index in [0.29, 0.717) is 5.69 Å². The summed E-state index contributed by atoms with van der Waals surface area (Å²) in [6.45, 7) is 3.94. The molecule has 0 atom stereocenters. The highest BCUT2D eigenvalue weighted by Gasteiger charge is 2.19. The third-order valence-electron chi connectivity index (χ3n) is 3.56. The van der Waals surface area contributed by atoms with E-state index in [9.17, 15) is 5.26 Å². The van der Waals surface area contributed by atoms with Crippen LogP contribution < -0.4 is 0 Å². The number of benzene rings is 1. The SMILES string of the molecule is Cc1[nH]c2ccccc2c1-c1c(C#N)nc(C)n1C. The maximum Gasteiger partial charge on any atom is 0.166 e. The Morgan fingerprint density at radius 2 is 2.00 bits per heavy atom. The van der Waals surface area contributed by atoms with Crippen molar-refractivity contribution in [2.24, 2.45) is 7.05 Å². The van der Waals surface area contributed by atoms with Crippen LogP contribution in [0.4, 0.5) is 0 Å². The molecule has 0 aliphatic carbocycles. The van der Waals surface area contributed by atoms with E-state index in [1.807, 2.05) is 43.7 Å². The van der Waals surface area contributed by atoms with Gasteiger partial charge in [-0.1, -0.05) is 18.2 Å². The molecule has 3 rings (SSSR count). The molecule has 4 nitrogen and oxygen atoms in total. The minimum atomic E-state index is 0.479. The molecule has 0 spiro atoms. The Hall–Kier alpha value is -2.54. The van der Waals surface area contributed by atoms with E-state index in [4.69, 9.17) is 0 Å². The highest BCUT2D eigenvalue weighted by Crippen LogP contribution is 2.34. The Morgan fingerprint density at radius 3 is 2.74 bits per heavy atom. The molecule has 1 aromatic carbocycles. The summed E-state index contributed by atoms with van der Waals surface area (Å²) in [5, 5.41) is 10.4. The van der Waals surface area contributed by atoms with Crippen molar-refractivity contribution in [2.45, 2.75) is 13.8 Å². The molecule has 3 aromatic rings. The number of rotatable bonds is 1. The van der Waals surface area contributed by atoms with Crippen LogP contribution in [0.5, 0.6) is 0 Å². The summed E-state index contributed by atoms with van der Waals surface area (Å²) in [6.07, 6.45) is 0. The Morgan fingerprint density at radius 1 is 1.26 bits per heavy atom. The molecule has 94 valence electrons. The second-order valence-corrected chi connectivity index (χ2v) is 4.70. The lowest BCUT2D eigenvalue weighted by atomic mass is 10.1. The molecule has 1 N–H and O–H groups in total. The molecule has 0 aliphatic rings. The van der Waals surface area contributed by atoms with E-state index in [2.05, 4.69) is 22.1 Å². The van der Waals surface area contributed by atoms with Gasteiger partial charge in [0.1, 0.15) is 11.9 Å². The number of H-pyrrole nitrogens is 1. The number of hydrogen-bond acceptors (Lipinski definition) is 2. The molecule has 0 radical (unpaired) electrons. The van der Waals surface area contributed by atoms with Gasteiger partial charge in [-0.2, -0.15) is 5.26 Å². The lowest BCUT2D eigenvalue weighted by molar-refractivity contribution is 0.865. The van der Waals surface area contributed by atoms with Gasteiger partial charge < -0.3 is 9.55 Å². The molecule has 0 fully saturated rings. The van der Waals surface area contributed by atoms with Gasteiger partial charge in [-0.25, -0.2) is 4.98 Å². The zero-order chi connectivity index (χ0) is 13.6. The summed E-state index contributed by atoms with van der Waals surface area (Å²) in [4.78, 5) is 7.68. The van der Waals surface area contributed by atoms with E-state index >= 15 is 0 Å². The standard InChI is InChI=1S/C15H14N4/c1-9-14(11-6-4-5-7-12(11)17-9)15-13(8-16)18-10(2)19(15)3/h4-7,17H,1-3H3. The van der Waals surface area contributed by atoms with Gasteiger partial charge in [0.05, 0.1) is 5.69 Å². The highest BCUT2D eigenvalue weighted by atomic mass is 15.1. The number of aryl methyl sites for hydroxylation is 2. The van der Waals surface area contributed by atoms with Crippen molar-refractivity contribution >= 4 is 10.9 Å². The molecule has 0 bridgehead atoms. The minimum absolute atomic E-state index is 0.479. The van der Waals surface area contributed by atoms with Gasteiger partial charge in [0.15, 0.2) is 5.69 Å². The summed E-state index contributed by atoms with van der Waals surface area (Å²) < 4.78 is 1.97. The van der Waals surface area contributed by atoms with Crippen molar-refractivity contribution < 1.29 is 0 Å². The number of aromatic amines is 1. The highest BCUT2D eigenvalue weighted by molar-refractivity contribution is 5.97. The van der Waals surface area contributed by atoms with E-state index in [1.165, 1.54) is 0 Å². The molecule has 2 aromatic heterocycles. The fraction of sp³-hybridized carbons (Fsp3) is 0.200. The first kappa shape index (κ1) is 11.5. The van der Waals surface area contributed by atoms with Gasteiger partial charge in [-0.3, -0.25) is 0 Å². The Kier molecular flexibility index (Phi) is 2.42. The molecule has 0 saturated carbocycles. The fourth-order valence-electron chi connectivity index (χ4n) is 2.56. The van der Waals surface area contributed by atoms with Crippen LogP contribution >= 0.6 is 0 Å². The Bertz CT molecular complexity index is 815. The molecular weight excluding hydrogens is 236 g/mol. The van der Waals surface area contributed by atoms with Crippen LogP contribution in [-0.2, 0) is 7.05 Å². The van der Waals surface area contributed by atoms with Crippen LogP contribution in [0.3, 0.4) is 0 Å². The molecule has 2 heterocycles. The number of nitrogens with one attached hydrogen (secondary N) is 1. The average Bonchev–Trinajstić information content (AvgIpc) is 2.87. The number of nitriles is 1. The topological polar surface area (TPSA) is 57.4 Å². The minimum Gasteiger partial charge on any atom is -0.358 e. The predicted octanol–water partition coefficient (Wildman–Crippen LogP) is 3.06. The summed E-state index contributed by atoms with van der Waals surface area (Å²) in [7, 11) is 1.94. The van der Waals surface area contributed by atoms with E-state index in [-0.39, 0.29) is 0 Å². The largest absolute Gasteiger partial charge is 0.358 e. The number of fused-ring (bicyclic) bond motifs is 1. The first-order valence-electron chi connectivity index (χ1n) is 6.14. The fourth-order valence-corrected chi connectivity index (χ4v) is 2.56. The van der Waals surface area contributed by atoms with Gasteiger partial charge in [-0.15, -0.1) is 0 Å². The summed E-state index contributed by atoms with van der Waals surface area (Å²) in [5.74, 6) is 0.844. The molecule has 0 saturated heterocycles. The Labute approximate surface area is 111 Å². The molecule has 4 heteroatoms. The van der Waals surface area contributed by atoms with Crippen LogP contribution in [-0.4, -0.2) is 14.5 Å². The van der Waals surface area contributed by atoms with Gasteiger partial charge in [0, 0.05) is 29.2 Å². The molecule has 0 amide bonds. The smallest absolute Gasteiger partial charge is 0.166 e. The van der Waals surface area contributed by atoms with Gasteiger partial charge >= 0.3 is 0 Å². The van der Waals surface area contributed by atoms with Crippen molar-refractivity contribution in [3.8, 4) is 17.3 Å². The number of aromatic nitrogens is 3. The van der Waals surface area contributed by atoms with E-state index in [0.717, 1.165) is 33.7 Å². The number of imidazole rings is 1. The van der Waals surface area contributed by atoms with Gasteiger partial charge in [-0.05, 0) is 19.9 Å². The lowest BCUT2D eigenvalue weighted by Crippen LogP contribution is -1.95. The van der Waals surface area contributed by atoms with Crippen LogP contribution in [0, 0.1) is 25.2 Å². The van der Waals surface area contributed by atoms with Crippen molar-refractivity contribution in [1.29, 1.82) is 5.26 Å². The molecule has 19 heavy (non-hydrogen) atoms. The summed E-state index contributed by atoms with van der Waals surface area (Å²) in [5.41, 5.74) is 4.57. The average molecular weight is 250 g/mol. The van der Waals surface area contributed by atoms with Crippen LogP contribution in [0.25, 0.3) is 22.2 Å². The van der Waals surface area contributed by atoms with Crippen molar-refractivity contribution in [3.63, 3.8) is 0 Å². The zero-order valence-electron chi connectivity index (χ0n) is 11.2. The zero-order valence-corrected chi connectivity index (χ0v) is 11.2. The third kappa shape index (κ3) is 1.55.